The first-order valence-electron chi connectivity index (χ1n) is 8.09. The number of likely N-dealkylation sites (tertiary alicyclic amines) is 1. The van der Waals surface area contributed by atoms with E-state index >= 15 is 0 Å². The van der Waals surface area contributed by atoms with E-state index in [4.69, 9.17) is 4.52 Å². The molecule has 1 aliphatic rings. The molecule has 0 atom stereocenters. The first kappa shape index (κ1) is 16.2. The second-order valence-corrected chi connectivity index (χ2v) is 7.48. The summed E-state index contributed by atoms with van der Waals surface area (Å²) in [5.74, 6) is 1.05. The van der Waals surface area contributed by atoms with Crippen LogP contribution in [0.1, 0.15) is 48.2 Å². The average Bonchev–Trinajstić information content (AvgIpc) is 3.18. The topological polar surface area (TPSA) is 59.2 Å². The van der Waals surface area contributed by atoms with Gasteiger partial charge < -0.3 is 9.42 Å². The Balaban J connectivity index is 1.54. The molecule has 5 nitrogen and oxygen atoms in total. The molecule has 23 heavy (non-hydrogen) atoms. The third-order valence-corrected chi connectivity index (χ3v) is 6.02. The van der Waals surface area contributed by atoms with E-state index in [9.17, 15) is 4.79 Å². The van der Waals surface area contributed by atoms with Crippen LogP contribution < -0.4 is 0 Å². The fraction of sp³-hybridized carbons (Fsp3) is 0.588. The van der Waals surface area contributed by atoms with Crippen LogP contribution in [-0.4, -0.2) is 34.0 Å². The molecule has 1 saturated heterocycles. The van der Waals surface area contributed by atoms with Crippen molar-refractivity contribution in [2.75, 3.05) is 13.1 Å². The van der Waals surface area contributed by atoms with Gasteiger partial charge in [0.05, 0.1) is 10.7 Å². The Labute approximate surface area is 140 Å². The van der Waals surface area contributed by atoms with Gasteiger partial charge in [-0.3, -0.25) is 4.79 Å². The quantitative estimate of drug-likeness (QED) is 0.862. The molecule has 0 spiro atoms. The van der Waals surface area contributed by atoms with Gasteiger partial charge in [0, 0.05) is 42.1 Å². The second kappa shape index (κ2) is 6.43. The van der Waals surface area contributed by atoms with Crippen LogP contribution in [0.5, 0.6) is 0 Å². The van der Waals surface area contributed by atoms with Crippen molar-refractivity contribution in [3.05, 3.63) is 33.6 Å². The molecule has 0 N–H and O–H groups in total. The van der Waals surface area contributed by atoms with Gasteiger partial charge in [-0.05, 0) is 33.1 Å². The van der Waals surface area contributed by atoms with Crippen molar-refractivity contribution in [3.63, 3.8) is 0 Å². The van der Waals surface area contributed by atoms with Gasteiger partial charge in [0.15, 0.2) is 0 Å². The molecule has 3 heterocycles. The Bertz CT molecular complexity index is 651. The van der Waals surface area contributed by atoms with Crippen molar-refractivity contribution >= 4 is 17.2 Å². The highest BCUT2D eigenvalue weighted by molar-refractivity contribution is 7.09. The standard InChI is InChI=1S/C17H23N3O2S/c1-12-14(13(2)22-19-12)4-5-15(21)20-9-6-17(3,7-10-20)16-18-8-11-23-16/h8,11H,4-7,9-10H2,1-3H3. The number of rotatable bonds is 4. The van der Waals surface area contributed by atoms with Gasteiger partial charge in [0.1, 0.15) is 5.76 Å². The van der Waals surface area contributed by atoms with Crippen LogP contribution in [0.2, 0.25) is 0 Å². The van der Waals surface area contributed by atoms with Crippen LogP contribution in [0.25, 0.3) is 0 Å². The van der Waals surface area contributed by atoms with E-state index < -0.39 is 0 Å². The predicted molar refractivity (Wildman–Crippen MR) is 89.6 cm³/mol. The van der Waals surface area contributed by atoms with Gasteiger partial charge in [-0.2, -0.15) is 0 Å². The molecule has 0 unspecified atom stereocenters. The molecule has 1 fully saturated rings. The lowest BCUT2D eigenvalue weighted by atomic mass is 9.81. The summed E-state index contributed by atoms with van der Waals surface area (Å²) in [6, 6.07) is 0. The van der Waals surface area contributed by atoms with Crippen LogP contribution in [0, 0.1) is 13.8 Å². The zero-order valence-electron chi connectivity index (χ0n) is 14.0. The number of nitrogens with zero attached hydrogens (tertiary/aromatic N) is 3. The van der Waals surface area contributed by atoms with Crippen molar-refractivity contribution in [2.45, 2.75) is 51.9 Å². The largest absolute Gasteiger partial charge is 0.361 e. The highest BCUT2D eigenvalue weighted by atomic mass is 32.1. The van der Waals surface area contributed by atoms with Crippen molar-refractivity contribution in [2.24, 2.45) is 0 Å². The van der Waals surface area contributed by atoms with Crippen molar-refractivity contribution in [1.29, 1.82) is 0 Å². The smallest absolute Gasteiger partial charge is 0.222 e. The number of amides is 1. The van der Waals surface area contributed by atoms with Crippen molar-refractivity contribution in [1.82, 2.24) is 15.0 Å². The normalized spacial score (nSPS) is 17.4. The van der Waals surface area contributed by atoms with E-state index in [-0.39, 0.29) is 11.3 Å². The first-order valence-corrected chi connectivity index (χ1v) is 8.97. The molecule has 3 rings (SSSR count). The fourth-order valence-electron chi connectivity index (χ4n) is 3.23. The highest BCUT2D eigenvalue weighted by Gasteiger charge is 2.35. The summed E-state index contributed by atoms with van der Waals surface area (Å²) in [5, 5.41) is 7.17. The van der Waals surface area contributed by atoms with E-state index in [1.807, 2.05) is 30.3 Å². The van der Waals surface area contributed by atoms with Gasteiger partial charge in [-0.25, -0.2) is 4.98 Å². The Morgan fingerprint density at radius 1 is 1.39 bits per heavy atom. The molecular weight excluding hydrogens is 310 g/mol. The monoisotopic (exact) mass is 333 g/mol. The molecule has 0 bridgehead atoms. The van der Waals surface area contributed by atoms with E-state index in [0.717, 1.165) is 42.9 Å². The molecule has 6 heteroatoms. The molecule has 2 aromatic heterocycles. The molecule has 0 aromatic carbocycles. The first-order chi connectivity index (χ1) is 11.0. The SMILES string of the molecule is Cc1noc(C)c1CCC(=O)N1CCC(C)(c2nccs2)CC1. The summed E-state index contributed by atoms with van der Waals surface area (Å²) < 4.78 is 5.16. The van der Waals surface area contributed by atoms with Gasteiger partial charge >= 0.3 is 0 Å². The maximum atomic E-state index is 12.5. The number of piperidine rings is 1. The number of carbonyl (C=O) groups is 1. The van der Waals surface area contributed by atoms with Crippen LogP contribution in [-0.2, 0) is 16.6 Å². The number of aryl methyl sites for hydroxylation is 2. The number of thiazole rings is 1. The number of aromatic nitrogens is 2. The minimum absolute atomic E-state index is 0.118. The summed E-state index contributed by atoms with van der Waals surface area (Å²) in [5.41, 5.74) is 2.08. The molecule has 0 aliphatic carbocycles. The molecule has 2 aromatic rings. The van der Waals surface area contributed by atoms with Gasteiger partial charge in [-0.15, -0.1) is 11.3 Å². The second-order valence-electron chi connectivity index (χ2n) is 6.58. The van der Waals surface area contributed by atoms with E-state index in [1.54, 1.807) is 11.3 Å². The zero-order valence-corrected chi connectivity index (χ0v) is 14.8. The maximum Gasteiger partial charge on any atom is 0.222 e. The summed E-state index contributed by atoms with van der Waals surface area (Å²) in [4.78, 5) is 18.9. The lowest BCUT2D eigenvalue weighted by molar-refractivity contribution is -0.132. The molecule has 0 saturated carbocycles. The van der Waals surface area contributed by atoms with Gasteiger partial charge in [0.2, 0.25) is 5.91 Å². The fourth-order valence-corrected chi connectivity index (χ4v) is 4.09. The van der Waals surface area contributed by atoms with Crippen LogP contribution in [0.15, 0.2) is 16.1 Å². The Morgan fingerprint density at radius 2 is 2.13 bits per heavy atom. The van der Waals surface area contributed by atoms with E-state index in [1.165, 1.54) is 5.01 Å². The number of hydrogen-bond donors (Lipinski definition) is 0. The molecular formula is C17H23N3O2S. The van der Waals surface area contributed by atoms with Gasteiger partial charge in [0.25, 0.3) is 0 Å². The molecule has 124 valence electrons. The minimum Gasteiger partial charge on any atom is -0.361 e. The third-order valence-electron chi connectivity index (χ3n) is 4.94. The summed E-state index contributed by atoms with van der Waals surface area (Å²) in [6.45, 7) is 7.72. The summed E-state index contributed by atoms with van der Waals surface area (Å²) in [6.07, 6.45) is 5.07. The number of carbonyl (C=O) groups excluding carboxylic acids is 1. The van der Waals surface area contributed by atoms with Crippen LogP contribution in [0.4, 0.5) is 0 Å². The van der Waals surface area contributed by atoms with Crippen molar-refractivity contribution in [3.8, 4) is 0 Å². The Kier molecular flexibility index (Phi) is 4.53. The van der Waals surface area contributed by atoms with Crippen LogP contribution in [0.3, 0.4) is 0 Å². The van der Waals surface area contributed by atoms with Crippen molar-refractivity contribution < 1.29 is 9.32 Å². The molecule has 1 amide bonds. The highest BCUT2D eigenvalue weighted by Crippen LogP contribution is 2.36. The lowest BCUT2D eigenvalue weighted by Crippen LogP contribution is -2.44. The summed E-state index contributed by atoms with van der Waals surface area (Å²) in [7, 11) is 0. The summed E-state index contributed by atoms with van der Waals surface area (Å²) >= 11 is 1.72. The van der Waals surface area contributed by atoms with E-state index in [2.05, 4.69) is 17.1 Å². The Hall–Kier alpha value is -1.69. The molecule has 0 radical (unpaired) electrons. The number of hydrogen-bond acceptors (Lipinski definition) is 5. The third kappa shape index (κ3) is 3.32. The Morgan fingerprint density at radius 3 is 2.70 bits per heavy atom. The van der Waals surface area contributed by atoms with Crippen LogP contribution >= 0.6 is 11.3 Å². The average molecular weight is 333 g/mol. The van der Waals surface area contributed by atoms with Gasteiger partial charge in [-0.1, -0.05) is 12.1 Å². The lowest BCUT2D eigenvalue weighted by Gasteiger charge is -2.38. The predicted octanol–water partition coefficient (Wildman–Crippen LogP) is 3.26. The van der Waals surface area contributed by atoms with E-state index in [0.29, 0.717) is 12.8 Å². The molecule has 1 aliphatic heterocycles. The maximum absolute atomic E-state index is 12.5. The minimum atomic E-state index is 0.118. The zero-order chi connectivity index (χ0) is 16.4.